The summed E-state index contributed by atoms with van der Waals surface area (Å²) in [6, 6.07) is 16.8. The molecule has 3 rings (SSSR count). The number of carbonyl (C=O) groups excluding carboxylic acids is 1. The zero-order valence-electron chi connectivity index (χ0n) is 15.5. The Morgan fingerprint density at radius 1 is 1.04 bits per heavy atom. The molecule has 0 spiro atoms. The van der Waals surface area contributed by atoms with Crippen molar-refractivity contribution in [2.24, 2.45) is 0 Å². The molecular formula is C20H22N4O3. The predicted molar refractivity (Wildman–Crippen MR) is 103 cm³/mol. The predicted octanol–water partition coefficient (Wildman–Crippen LogP) is 3.88. The van der Waals surface area contributed by atoms with Gasteiger partial charge in [-0.2, -0.15) is 0 Å². The fourth-order valence-electron chi connectivity index (χ4n) is 2.46. The van der Waals surface area contributed by atoms with Crippen molar-refractivity contribution in [1.82, 2.24) is 10.2 Å². The maximum Gasteiger partial charge on any atom is 0.253 e. The number of nitrogens with one attached hydrogen (secondary N) is 2. The SMILES string of the molecule is COC(C)C(=O)Nc1cccc(NC(C)c2nnc(-c3ccccc3)o2)c1. The second-order valence-corrected chi connectivity index (χ2v) is 6.13. The van der Waals surface area contributed by atoms with Gasteiger partial charge in [-0.05, 0) is 44.2 Å². The van der Waals surface area contributed by atoms with E-state index in [4.69, 9.17) is 9.15 Å². The number of aromatic nitrogens is 2. The summed E-state index contributed by atoms with van der Waals surface area (Å²) in [6.45, 7) is 3.62. The number of hydrogen-bond donors (Lipinski definition) is 2. The Morgan fingerprint density at radius 2 is 1.78 bits per heavy atom. The molecule has 0 aliphatic rings. The van der Waals surface area contributed by atoms with Crippen LogP contribution in [0.1, 0.15) is 25.8 Å². The van der Waals surface area contributed by atoms with Crippen LogP contribution < -0.4 is 10.6 Å². The van der Waals surface area contributed by atoms with Gasteiger partial charge in [-0.25, -0.2) is 0 Å². The lowest BCUT2D eigenvalue weighted by molar-refractivity contribution is -0.124. The Kier molecular flexibility index (Phi) is 5.83. The number of rotatable bonds is 7. The Labute approximate surface area is 157 Å². The molecule has 0 saturated carbocycles. The third kappa shape index (κ3) is 4.71. The highest BCUT2D eigenvalue weighted by Gasteiger charge is 2.16. The van der Waals surface area contributed by atoms with E-state index in [1.54, 1.807) is 6.92 Å². The number of methoxy groups -OCH3 is 1. The molecule has 27 heavy (non-hydrogen) atoms. The number of amides is 1. The zero-order valence-corrected chi connectivity index (χ0v) is 15.5. The molecule has 0 radical (unpaired) electrons. The van der Waals surface area contributed by atoms with Gasteiger partial charge in [-0.1, -0.05) is 24.3 Å². The second-order valence-electron chi connectivity index (χ2n) is 6.13. The van der Waals surface area contributed by atoms with Crippen LogP contribution in [0.3, 0.4) is 0 Å². The lowest BCUT2D eigenvalue weighted by atomic mass is 10.2. The molecule has 0 aliphatic heterocycles. The largest absolute Gasteiger partial charge is 0.418 e. The lowest BCUT2D eigenvalue weighted by Gasteiger charge is -2.14. The van der Waals surface area contributed by atoms with Gasteiger partial charge in [-0.15, -0.1) is 10.2 Å². The Hall–Kier alpha value is -3.19. The first-order valence-electron chi connectivity index (χ1n) is 8.66. The van der Waals surface area contributed by atoms with Crippen molar-refractivity contribution in [2.75, 3.05) is 17.7 Å². The van der Waals surface area contributed by atoms with Crippen molar-refractivity contribution >= 4 is 17.3 Å². The standard InChI is InChI=1S/C20H22N4O3/c1-13(19-23-24-20(27-19)15-8-5-4-6-9-15)21-16-10-7-11-17(12-16)22-18(25)14(2)26-3/h4-14,21H,1-3H3,(H,22,25). The quantitative estimate of drug-likeness (QED) is 0.659. The van der Waals surface area contributed by atoms with E-state index in [9.17, 15) is 4.79 Å². The van der Waals surface area contributed by atoms with Gasteiger partial charge in [0.25, 0.3) is 5.91 Å². The summed E-state index contributed by atoms with van der Waals surface area (Å²) in [6.07, 6.45) is -0.518. The number of carbonyl (C=O) groups is 1. The van der Waals surface area contributed by atoms with Crippen LogP contribution in [0.15, 0.2) is 59.0 Å². The van der Waals surface area contributed by atoms with Gasteiger partial charge in [0.1, 0.15) is 12.1 Å². The van der Waals surface area contributed by atoms with Crippen LogP contribution in [0.4, 0.5) is 11.4 Å². The maximum absolute atomic E-state index is 11.9. The van der Waals surface area contributed by atoms with Crippen molar-refractivity contribution < 1.29 is 13.9 Å². The van der Waals surface area contributed by atoms with E-state index >= 15 is 0 Å². The second kappa shape index (κ2) is 8.46. The summed E-state index contributed by atoms with van der Waals surface area (Å²) < 4.78 is 10.8. The summed E-state index contributed by atoms with van der Waals surface area (Å²) >= 11 is 0. The third-order valence-electron chi connectivity index (χ3n) is 4.07. The fraction of sp³-hybridized carbons (Fsp3) is 0.250. The van der Waals surface area contributed by atoms with E-state index in [1.807, 2.05) is 61.5 Å². The van der Waals surface area contributed by atoms with E-state index in [1.165, 1.54) is 7.11 Å². The van der Waals surface area contributed by atoms with Gasteiger partial charge in [0, 0.05) is 24.0 Å². The fourth-order valence-corrected chi connectivity index (χ4v) is 2.46. The number of hydrogen-bond acceptors (Lipinski definition) is 6. The van der Waals surface area contributed by atoms with Gasteiger partial charge >= 0.3 is 0 Å². The number of anilines is 2. The van der Waals surface area contributed by atoms with E-state index < -0.39 is 6.10 Å². The molecule has 2 N–H and O–H groups in total. The smallest absolute Gasteiger partial charge is 0.253 e. The summed E-state index contributed by atoms with van der Waals surface area (Å²) in [4.78, 5) is 11.9. The molecular weight excluding hydrogens is 344 g/mol. The topological polar surface area (TPSA) is 89.3 Å². The van der Waals surface area contributed by atoms with Crippen molar-refractivity contribution in [1.29, 1.82) is 0 Å². The van der Waals surface area contributed by atoms with Gasteiger partial charge in [0.05, 0.1) is 0 Å². The first-order valence-corrected chi connectivity index (χ1v) is 8.66. The van der Waals surface area contributed by atoms with Gasteiger partial charge in [-0.3, -0.25) is 4.79 Å². The molecule has 2 aromatic carbocycles. The molecule has 0 saturated heterocycles. The molecule has 0 aliphatic carbocycles. The summed E-state index contributed by atoms with van der Waals surface area (Å²) in [5.74, 6) is 0.761. The van der Waals surface area contributed by atoms with E-state index in [2.05, 4.69) is 20.8 Å². The molecule has 0 bridgehead atoms. The minimum absolute atomic E-state index is 0.196. The zero-order chi connectivity index (χ0) is 19.2. The van der Waals surface area contributed by atoms with Crippen LogP contribution in [0, 0.1) is 0 Å². The highest BCUT2D eigenvalue weighted by atomic mass is 16.5. The molecule has 1 heterocycles. The lowest BCUT2D eigenvalue weighted by Crippen LogP contribution is -2.26. The molecule has 7 heteroatoms. The van der Waals surface area contributed by atoms with Crippen LogP contribution in [0.2, 0.25) is 0 Å². The van der Waals surface area contributed by atoms with Gasteiger partial charge < -0.3 is 19.8 Å². The Bertz CT molecular complexity index is 895. The summed E-state index contributed by atoms with van der Waals surface area (Å²) in [7, 11) is 1.50. The minimum atomic E-state index is -0.518. The highest BCUT2D eigenvalue weighted by Crippen LogP contribution is 2.24. The number of nitrogens with zero attached hydrogens (tertiary/aromatic N) is 2. The molecule has 140 valence electrons. The Balaban J connectivity index is 1.68. The van der Waals surface area contributed by atoms with Gasteiger partial charge in [0.15, 0.2) is 0 Å². The van der Waals surface area contributed by atoms with E-state index in [0.29, 0.717) is 17.5 Å². The Morgan fingerprint density at radius 3 is 2.52 bits per heavy atom. The normalized spacial score (nSPS) is 13.0. The average molecular weight is 366 g/mol. The van der Waals surface area contributed by atoms with Crippen molar-refractivity contribution in [3.05, 3.63) is 60.5 Å². The maximum atomic E-state index is 11.9. The molecule has 7 nitrogen and oxygen atoms in total. The van der Waals surface area contributed by atoms with E-state index in [0.717, 1.165) is 11.3 Å². The summed E-state index contributed by atoms with van der Waals surface area (Å²) in [5.41, 5.74) is 2.38. The number of ether oxygens (including phenoxy) is 1. The number of benzene rings is 2. The molecule has 1 amide bonds. The molecule has 0 fully saturated rings. The van der Waals surface area contributed by atoms with Crippen LogP contribution in [-0.4, -0.2) is 29.3 Å². The highest BCUT2D eigenvalue weighted by molar-refractivity contribution is 5.94. The minimum Gasteiger partial charge on any atom is -0.418 e. The molecule has 3 aromatic rings. The first-order chi connectivity index (χ1) is 13.1. The van der Waals surface area contributed by atoms with Crippen molar-refractivity contribution in [2.45, 2.75) is 26.0 Å². The van der Waals surface area contributed by atoms with Gasteiger partial charge in [0.2, 0.25) is 11.8 Å². The van der Waals surface area contributed by atoms with Crippen LogP contribution in [0.25, 0.3) is 11.5 Å². The molecule has 2 unspecified atom stereocenters. The van der Waals surface area contributed by atoms with Crippen LogP contribution in [0.5, 0.6) is 0 Å². The van der Waals surface area contributed by atoms with Crippen LogP contribution in [-0.2, 0) is 9.53 Å². The van der Waals surface area contributed by atoms with Crippen molar-refractivity contribution in [3.63, 3.8) is 0 Å². The van der Waals surface area contributed by atoms with E-state index in [-0.39, 0.29) is 11.9 Å². The molecule has 2 atom stereocenters. The third-order valence-corrected chi connectivity index (χ3v) is 4.07. The van der Waals surface area contributed by atoms with Crippen molar-refractivity contribution in [3.8, 4) is 11.5 Å². The summed E-state index contributed by atoms with van der Waals surface area (Å²) in [5, 5.41) is 14.4. The molecule has 1 aromatic heterocycles. The average Bonchev–Trinajstić information content (AvgIpc) is 3.18. The monoisotopic (exact) mass is 366 g/mol. The van der Waals surface area contributed by atoms with Crippen LogP contribution >= 0.6 is 0 Å². The first kappa shape index (κ1) is 18.6.